The minimum absolute atomic E-state index is 0.284. The van der Waals surface area contributed by atoms with Gasteiger partial charge in [-0.3, -0.25) is 0 Å². The maximum absolute atomic E-state index is 12.4. The smallest absolute Gasteiger partial charge is 0.322 e. The summed E-state index contributed by atoms with van der Waals surface area (Å²) >= 11 is 1.44. The lowest BCUT2D eigenvalue weighted by molar-refractivity contribution is -0.137. The molecule has 1 heterocycles. The Bertz CT molecular complexity index is 491. The summed E-state index contributed by atoms with van der Waals surface area (Å²) in [6.07, 6.45) is -3.82. The molecular formula is C12H11F3N2S. The Labute approximate surface area is 106 Å². The van der Waals surface area contributed by atoms with Gasteiger partial charge in [-0.15, -0.1) is 11.3 Å². The molecule has 0 spiro atoms. The van der Waals surface area contributed by atoms with Crippen molar-refractivity contribution in [3.05, 3.63) is 52.0 Å². The van der Waals surface area contributed by atoms with Crippen LogP contribution in [-0.2, 0) is 12.6 Å². The molecule has 0 saturated heterocycles. The van der Waals surface area contributed by atoms with E-state index in [1.54, 1.807) is 5.51 Å². The van der Waals surface area contributed by atoms with Crippen molar-refractivity contribution in [1.29, 1.82) is 0 Å². The van der Waals surface area contributed by atoms with Gasteiger partial charge >= 0.3 is 6.18 Å². The average Bonchev–Trinajstić information content (AvgIpc) is 2.82. The maximum atomic E-state index is 12.4. The highest BCUT2D eigenvalue weighted by atomic mass is 32.1. The summed E-state index contributed by atoms with van der Waals surface area (Å²) in [6, 6.07) is 4.77. The molecule has 2 rings (SSSR count). The summed E-state index contributed by atoms with van der Waals surface area (Å²) in [6.45, 7) is 0. The fraction of sp³-hybridized carbons (Fsp3) is 0.250. The summed E-state index contributed by atoms with van der Waals surface area (Å²) in [5.41, 5.74) is 8.49. The van der Waals surface area contributed by atoms with Crippen LogP contribution >= 0.6 is 11.3 Å². The normalized spacial score (nSPS) is 13.6. The van der Waals surface area contributed by atoms with E-state index >= 15 is 0 Å². The number of nitrogens with two attached hydrogens (primary N) is 1. The quantitative estimate of drug-likeness (QED) is 0.930. The molecule has 18 heavy (non-hydrogen) atoms. The number of alkyl halides is 3. The molecule has 96 valence electrons. The average molecular weight is 272 g/mol. The molecule has 6 heteroatoms. The van der Waals surface area contributed by atoms with Gasteiger partial charge in [0.1, 0.15) is 0 Å². The third-order valence-corrected chi connectivity index (χ3v) is 3.17. The molecule has 0 bridgehead atoms. The van der Waals surface area contributed by atoms with Crippen molar-refractivity contribution < 1.29 is 13.2 Å². The first-order chi connectivity index (χ1) is 8.47. The lowest BCUT2D eigenvalue weighted by Gasteiger charge is -2.10. The zero-order valence-electron chi connectivity index (χ0n) is 9.32. The highest BCUT2D eigenvalue weighted by Crippen LogP contribution is 2.29. The fourth-order valence-electron chi connectivity index (χ4n) is 1.59. The van der Waals surface area contributed by atoms with Gasteiger partial charge in [0.15, 0.2) is 0 Å². The predicted octanol–water partition coefficient (Wildman–Crippen LogP) is 3.40. The number of benzene rings is 1. The molecule has 0 aliphatic carbocycles. The van der Waals surface area contributed by atoms with E-state index < -0.39 is 11.7 Å². The Hall–Kier alpha value is -1.40. The highest BCUT2D eigenvalue weighted by Gasteiger charge is 2.29. The van der Waals surface area contributed by atoms with Crippen LogP contribution in [0, 0.1) is 0 Å². The first-order valence-corrected chi connectivity index (χ1v) is 6.21. The van der Waals surface area contributed by atoms with E-state index in [1.165, 1.54) is 23.5 Å². The predicted molar refractivity (Wildman–Crippen MR) is 64.2 cm³/mol. The molecule has 0 aliphatic rings. The van der Waals surface area contributed by atoms with E-state index in [0.29, 0.717) is 6.42 Å². The van der Waals surface area contributed by atoms with Gasteiger partial charge in [0.2, 0.25) is 0 Å². The summed E-state index contributed by atoms with van der Waals surface area (Å²) in [7, 11) is 0. The molecule has 0 radical (unpaired) electrons. The minimum atomic E-state index is -4.30. The minimum Gasteiger partial charge on any atom is -0.322 e. The van der Waals surface area contributed by atoms with Crippen molar-refractivity contribution in [2.24, 2.45) is 5.73 Å². The van der Waals surface area contributed by atoms with Gasteiger partial charge < -0.3 is 5.73 Å². The Morgan fingerprint density at radius 1 is 1.22 bits per heavy atom. The number of hydrogen-bond donors (Lipinski definition) is 1. The van der Waals surface area contributed by atoms with Gasteiger partial charge in [0.25, 0.3) is 0 Å². The van der Waals surface area contributed by atoms with E-state index in [9.17, 15) is 13.2 Å². The van der Waals surface area contributed by atoms with Gasteiger partial charge in [-0.1, -0.05) is 12.1 Å². The van der Waals surface area contributed by atoms with E-state index in [2.05, 4.69) is 4.98 Å². The second-order valence-corrected chi connectivity index (χ2v) is 4.64. The van der Waals surface area contributed by atoms with Crippen LogP contribution in [0.4, 0.5) is 13.2 Å². The lowest BCUT2D eigenvalue weighted by Crippen LogP contribution is -2.14. The molecule has 0 amide bonds. The van der Waals surface area contributed by atoms with Crippen LogP contribution in [0.5, 0.6) is 0 Å². The van der Waals surface area contributed by atoms with Crippen LogP contribution in [0.3, 0.4) is 0 Å². The Kier molecular flexibility index (Phi) is 3.68. The monoisotopic (exact) mass is 272 g/mol. The number of aromatic nitrogens is 1. The largest absolute Gasteiger partial charge is 0.416 e. The van der Waals surface area contributed by atoms with E-state index in [4.69, 9.17) is 5.73 Å². The fourth-order valence-corrected chi connectivity index (χ4v) is 2.21. The van der Waals surface area contributed by atoms with Gasteiger partial charge in [-0.25, -0.2) is 4.98 Å². The lowest BCUT2D eigenvalue weighted by atomic mass is 10.0. The molecule has 1 aromatic heterocycles. The molecule has 1 unspecified atom stereocenters. The van der Waals surface area contributed by atoms with Crippen molar-refractivity contribution in [2.75, 3.05) is 0 Å². The van der Waals surface area contributed by atoms with Crippen LogP contribution in [0.15, 0.2) is 35.2 Å². The van der Waals surface area contributed by atoms with Crippen molar-refractivity contribution >= 4 is 11.3 Å². The molecule has 2 N–H and O–H groups in total. The second kappa shape index (κ2) is 5.07. The van der Waals surface area contributed by atoms with E-state index in [-0.39, 0.29) is 6.04 Å². The summed E-state index contributed by atoms with van der Waals surface area (Å²) in [5.74, 6) is 0. The van der Waals surface area contributed by atoms with Crippen molar-refractivity contribution in [2.45, 2.75) is 18.6 Å². The molecule has 2 aromatic rings. The summed E-state index contributed by atoms with van der Waals surface area (Å²) < 4.78 is 37.1. The highest BCUT2D eigenvalue weighted by molar-refractivity contribution is 7.07. The number of nitrogens with zero attached hydrogens (tertiary/aromatic N) is 1. The molecule has 1 aromatic carbocycles. The number of thiazole rings is 1. The SMILES string of the molecule is NC(Cc1ccc(C(F)(F)F)cc1)c1cscn1. The van der Waals surface area contributed by atoms with Crippen LogP contribution in [0.25, 0.3) is 0 Å². The topological polar surface area (TPSA) is 38.9 Å². The molecular weight excluding hydrogens is 261 g/mol. The third kappa shape index (κ3) is 3.08. The third-order valence-electron chi connectivity index (χ3n) is 2.57. The van der Waals surface area contributed by atoms with Crippen molar-refractivity contribution in [1.82, 2.24) is 4.98 Å². The molecule has 0 saturated carbocycles. The van der Waals surface area contributed by atoms with Crippen LogP contribution in [0.2, 0.25) is 0 Å². The first kappa shape index (κ1) is 13.0. The Balaban J connectivity index is 2.07. The molecule has 2 nitrogen and oxygen atoms in total. The summed E-state index contributed by atoms with van der Waals surface area (Å²) in [4.78, 5) is 4.08. The standard InChI is InChI=1S/C12H11F3N2S/c13-12(14,15)9-3-1-8(2-4-9)5-10(16)11-6-18-7-17-11/h1-4,6-7,10H,5,16H2. The van der Waals surface area contributed by atoms with E-state index in [0.717, 1.165) is 23.4 Å². The van der Waals surface area contributed by atoms with Crippen molar-refractivity contribution in [3.8, 4) is 0 Å². The molecule has 0 fully saturated rings. The van der Waals surface area contributed by atoms with Crippen LogP contribution in [-0.4, -0.2) is 4.98 Å². The first-order valence-electron chi connectivity index (χ1n) is 5.26. The Morgan fingerprint density at radius 3 is 2.39 bits per heavy atom. The second-order valence-electron chi connectivity index (χ2n) is 3.92. The number of rotatable bonds is 3. The van der Waals surface area contributed by atoms with E-state index in [1.807, 2.05) is 5.38 Å². The number of halogens is 3. The Morgan fingerprint density at radius 2 is 1.89 bits per heavy atom. The number of hydrogen-bond acceptors (Lipinski definition) is 3. The zero-order valence-corrected chi connectivity index (χ0v) is 10.1. The van der Waals surface area contributed by atoms with Crippen LogP contribution in [0.1, 0.15) is 22.9 Å². The van der Waals surface area contributed by atoms with Crippen LogP contribution < -0.4 is 5.73 Å². The summed E-state index contributed by atoms with van der Waals surface area (Å²) in [5, 5.41) is 1.84. The van der Waals surface area contributed by atoms with Gasteiger partial charge in [-0.2, -0.15) is 13.2 Å². The van der Waals surface area contributed by atoms with Gasteiger partial charge in [0, 0.05) is 5.38 Å². The maximum Gasteiger partial charge on any atom is 0.416 e. The van der Waals surface area contributed by atoms with Gasteiger partial charge in [-0.05, 0) is 24.1 Å². The zero-order chi connectivity index (χ0) is 13.2. The van der Waals surface area contributed by atoms with Gasteiger partial charge in [0.05, 0.1) is 22.8 Å². The molecule has 0 aliphatic heterocycles. The molecule has 1 atom stereocenters. The van der Waals surface area contributed by atoms with Crippen molar-refractivity contribution in [3.63, 3.8) is 0 Å².